The van der Waals surface area contributed by atoms with Crippen LogP contribution in [0.15, 0.2) is 35.7 Å². The minimum atomic E-state index is -0.196. The van der Waals surface area contributed by atoms with Gasteiger partial charge in [0.15, 0.2) is 0 Å². The quantitative estimate of drug-likeness (QED) is 0.828. The molecule has 0 spiro atoms. The minimum Gasteiger partial charge on any atom is -0.378 e. The highest BCUT2D eigenvalue weighted by Gasteiger charge is 2.20. The first-order valence-corrected chi connectivity index (χ1v) is 10.0. The summed E-state index contributed by atoms with van der Waals surface area (Å²) in [6.07, 6.45) is 0. The van der Waals surface area contributed by atoms with Crippen LogP contribution in [0.4, 0.5) is 11.4 Å². The van der Waals surface area contributed by atoms with Gasteiger partial charge < -0.3 is 19.9 Å². The Labute approximate surface area is 163 Å². The molecule has 0 bridgehead atoms. The number of ether oxygens (including phenoxy) is 1. The molecule has 1 aliphatic heterocycles. The second-order valence-electron chi connectivity index (χ2n) is 6.45. The number of likely N-dealkylation sites (N-methyl/N-ethyl adjacent to an activating group) is 1. The lowest BCUT2D eigenvalue weighted by molar-refractivity contribution is -0.116. The van der Waals surface area contributed by atoms with Crippen molar-refractivity contribution in [3.63, 3.8) is 0 Å². The summed E-state index contributed by atoms with van der Waals surface area (Å²) in [5.41, 5.74) is 2.80. The number of benzene rings is 1. The Balaban J connectivity index is 1.57. The molecule has 1 aromatic carbocycles. The van der Waals surface area contributed by atoms with Crippen molar-refractivity contribution in [3.8, 4) is 0 Å². The van der Waals surface area contributed by atoms with E-state index in [-0.39, 0.29) is 18.4 Å². The molecule has 6 nitrogen and oxygen atoms in total. The highest BCUT2D eigenvalue weighted by atomic mass is 32.1. The number of nitrogens with one attached hydrogen (secondary N) is 1. The molecule has 7 heteroatoms. The third kappa shape index (κ3) is 4.87. The Bertz CT molecular complexity index is 782. The molecule has 1 aromatic heterocycles. The molecule has 27 heavy (non-hydrogen) atoms. The monoisotopic (exact) mass is 387 g/mol. The molecule has 0 saturated carbocycles. The Morgan fingerprint density at radius 2 is 1.89 bits per heavy atom. The number of thiophene rings is 1. The lowest BCUT2D eigenvalue weighted by Gasteiger charge is -2.29. The molecule has 0 radical (unpaired) electrons. The summed E-state index contributed by atoms with van der Waals surface area (Å²) in [7, 11) is 0. The molecular formula is C20H25N3O3S. The number of amides is 2. The van der Waals surface area contributed by atoms with Gasteiger partial charge in [0, 0.05) is 31.0 Å². The van der Waals surface area contributed by atoms with Gasteiger partial charge in [0.1, 0.15) is 6.54 Å². The molecule has 0 unspecified atom stereocenters. The predicted octanol–water partition coefficient (Wildman–Crippen LogP) is 2.99. The smallest absolute Gasteiger partial charge is 0.264 e. The number of rotatable bonds is 6. The maximum absolute atomic E-state index is 12.6. The van der Waals surface area contributed by atoms with Gasteiger partial charge in [-0.05, 0) is 55.1 Å². The molecule has 144 valence electrons. The number of carbonyl (C=O) groups excluding carboxylic acids is 2. The number of nitrogens with zero attached hydrogens (tertiary/aromatic N) is 2. The minimum absolute atomic E-state index is 0.0396. The first kappa shape index (κ1) is 19.4. The zero-order valence-electron chi connectivity index (χ0n) is 15.7. The van der Waals surface area contributed by atoms with Crippen LogP contribution in [0.25, 0.3) is 0 Å². The van der Waals surface area contributed by atoms with Gasteiger partial charge in [-0.3, -0.25) is 9.59 Å². The van der Waals surface area contributed by atoms with E-state index in [1.54, 1.807) is 4.90 Å². The molecule has 1 saturated heterocycles. The topological polar surface area (TPSA) is 61.9 Å². The number of anilines is 2. The van der Waals surface area contributed by atoms with Crippen molar-refractivity contribution >= 4 is 34.5 Å². The number of hydrogen-bond donors (Lipinski definition) is 1. The van der Waals surface area contributed by atoms with Crippen molar-refractivity contribution in [3.05, 3.63) is 46.2 Å². The van der Waals surface area contributed by atoms with Crippen molar-refractivity contribution in [2.45, 2.75) is 13.8 Å². The van der Waals surface area contributed by atoms with Crippen LogP contribution in [0, 0.1) is 6.92 Å². The van der Waals surface area contributed by atoms with Crippen molar-refractivity contribution in [2.75, 3.05) is 49.6 Å². The average molecular weight is 388 g/mol. The second-order valence-corrected chi connectivity index (χ2v) is 7.36. The summed E-state index contributed by atoms with van der Waals surface area (Å²) >= 11 is 1.41. The largest absolute Gasteiger partial charge is 0.378 e. The molecular weight excluding hydrogens is 362 g/mol. The lowest BCUT2D eigenvalue weighted by Crippen LogP contribution is -2.37. The normalized spacial score (nSPS) is 14.1. The fourth-order valence-corrected chi connectivity index (χ4v) is 3.91. The standard InChI is InChI=1S/C20H25N3O3S/c1-3-22(20(25)19-15(2)8-13-27-19)14-18(24)21-16-4-6-17(7-5-16)23-9-11-26-12-10-23/h4-8,13H,3,9-12,14H2,1-2H3,(H,21,24). The van der Waals surface area contributed by atoms with Crippen LogP contribution in [0.1, 0.15) is 22.2 Å². The van der Waals surface area contributed by atoms with E-state index in [1.807, 2.05) is 49.6 Å². The van der Waals surface area contributed by atoms with E-state index < -0.39 is 0 Å². The molecule has 1 N–H and O–H groups in total. The van der Waals surface area contributed by atoms with Crippen LogP contribution in [0.3, 0.4) is 0 Å². The summed E-state index contributed by atoms with van der Waals surface area (Å²) in [5, 5.41) is 4.77. The first-order valence-electron chi connectivity index (χ1n) is 9.14. The van der Waals surface area contributed by atoms with E-state index in [1.165, 1.54) is 11.3 Å². The van der Waals surface area contributed by atoms with Crippen LogP contribution in [-0.2, 0) is 9.53 Å². The number of carbonyl (C=O) groups is 2. The first-order chi connectivity index (χ1) is 13.1. The van der Waals surface area contributed by atoms with E-state index in [0.29, 0.717) is 11.4 Å². The van der Waals surface area contributed by atoms with Crippen LogP contribution >= 0.6 is 11.3 Å². The molecule has 1 fully saturated rings. The van der Waals surface area contributed by atoms with E-state index >= 15 is 0 Å². The Kier molecular flexibility index (Phi) is 6.47. The maximum atomic E-state index is 12.6. The van der Waals surface area contributed by atoms with Gasteiger partial charge >= 0.3 is 0 Å². The SMILES string of the molecule is CCN(CC(=O)Nc1ccc(N2CCOCC2)cc1)C(=O)c1sccc1C. The predicted molar refractivity (Wildman–Crippen MR) is 109 cm³/mol. The molecule has 3 rings (SSSR count). The average Bonchev–Trinajstić information content (AvgIpc) is 3.13. The van der Waals surface area contributed by atoms with Crippen LogP contribution in [0.2, 0.25) is 0 Å². The number of aryl methyl sites for hydroxylation is 1. The molecule has 0 atom stereocenters. The van der Waals surface area contributed by atoms with Gasteiger partial charge in [-0.15, -0.1) is 11.3 Å². The Hall–Kier alpha value is -2.38. The zero-order chi connectivity index (χ0) is 19.2. The number of morpholine rings is 1. The van der Waals surface area contributed by atoms with Gasteiger partial charge in [-0.2, -0.15) is 0 Å². The van der Waals surface area contributed by atoms with Gasteiger partial charge in [0.25, 0.3) is 5.91 Å². The van der Waals surface area contributed by atoms with E-state index in [2.05, 4.69) is 10.2 Å². The van der Waals surface area contributed by atoms with Crippen molar-refractivity contribution in [1.82, 2.24) is 4.90 Å². The summed E-state index contributed by atoms with van der Waals surface area (Å²) in [6.45, 7) is 7.55. The van der Waals surface area contributed by atoms with Crippen molar-refractivity contribution in [2.24, 2.45) is 0 Å². The summed E-state index contributed by atoms with van der Waals surface area (Å²) in [5.74, 6) is -0.290. The second kappa shape index (κ2) is 9.01. The highest BCUT2D eigenvalue weighted by molar-refractivity contribution is 7.12. The molecule has 0 aliphatic carbocycles. The highest BCUT2D eigenvalue weighted by Crippen LogP contribution is 2.20. The third-order valence-corrected chi connectivity index (χ3v) is 5.59. The fraction of sp³-hybridized carbons (Fsp3) is 0.400. The van der Waals surface area contributed by atoms with Crippen LogP contribution < -0.4 is 10.2 Å². The molecule has 2 aromatic rings. The number of hydrogen-bond acceptors (Lipinski definition) is 5. The molecule has 2 heterocycles. The Morgan fingerprint density at radius 1 is 1.19 bits per heavy atom. The van der Waals surface area contributed by atoms with E-state index in [0.717, 1.165) is 43.2 Å². The zero-order valence-corrected chi connectivity index (χ0v) is 16.6. The van der Waals surface area contributed by atoms with Gasteiger partial charge in [-0.1, -0.05) is 0 Å². The molecule has 1 aliphatic rings. The van der Waals surface area contributed by atoms with Crippen LogP contribution in [-0.4, -0.2) is 56.1 Å². The summed E-state index contributed by atoms with van der Waals surface area (Å²) in [6, 6.07) is 9.70. The van der Waals surface area contributed by atoms with Gasteiger partial charge in [0.05, 0.1) is 18.1 Å². The van der Waals surface area contributed by atoms with E-state index in [9.17, 15) is 9.59 Å². The summed E-state index contributed by atoms with van der Waals surface area (Å²) in [4.78, 5) is 29.5. The molecule has 2 amide bonds. The van der Waals surface area contributed by atoms with E-state index in [4.69, 9.17) is 4.74 Å². The van der Waals surface area contributed by atoms with Crippen molar-refractivity contribution in [1.29, 1.82) is 0 Å². The maximum Gasteiger partial charge on any atom is 0.264 e. The summed E-state index contributed by atoms with van der Waals surface area (Å²) < 4.78 is 5.37. The van der Waals surface area contributed by atoms with Gasteiger partial charge in [-0.25, -0.2) is 0 Å². The van der Waals surface area contributed by atoms with Gasteiger partial charge in [0.2, 0.25) is 5.91 Å². The Morgan fingerprint density at radius 3 is 2.48 bits per heavy atom. The fourth-order valence-electron chi connectivity index (χ4n) is 3.01. The van der Waals surface area contributed by atoms with Crippen LogP contribution in [0.5, 0.6) is 0 Å². The third-order valence-electron chi connectivity index (χ3n) is 4.59. The van der Waals surface area contributed by atoms with Crippen molar-refractivity contribution < 1.29 is 14.3 Å². The lowest BCUT2D eigenvalue weighted by atomic mass is 10.2.